The third-order valence-corrected chi connectivity index (χ3v) is 3.13. The molecule has 0 heterocycles. The number of benzene rings is 1. The Balaban J connectivity index is 2.49. The van der Waals surface area contributed by atoms with E-state index < -0.39 is 0 Å². The van der Waals surface area contributed by atoms with Gasteiger partial charge in [-0.15, -0.1) is 0 Å². The lowest BCUT2D eigenvalue weighted by atomic mass is 10.2. The van der Waals surface area contributed by atoms with E-state index in [1.54, 1.807) is 0 Å². The Morgan fingerprint density at radius 1 is 1.19 bits per heavy atom. The Hall–Kier alpha value is -0.580. The summed E-state index contributed by atoms with van der Waals surface area (Å²) < 4.78 is 0.978. The summed E-state index contributed by atoms with van der Waals surface area (Å²) in [6, 6.07) is 6.10. The summed E-state index contributed by atoms with van der Waals surface area (Å²) in [5.74, 6) is 0. The number of nitrogens with zero attached hydrogens (tertiary/aromatic N) is 2. The Morgan fingerprint density at radius 2 is 1.88 bits per heavy atom. The van der Waals surface area contributed by atoms with E-state index in [0.717, 1.165) is 29.8 Å². The van der Waals surface area contributed by atoms with Crippen LogP contribution in [0.25, 0.3) is 0 Å². The summed E-state index contributed by atoms with van der Waals surface area (Å²) in [4.78, 5) is 4.49. The van der Waals surface area contributed by atoms with Gasteiger partial charge in [-0.3, -0.25) is 0 Å². The molecule has 0 fully saturated rings. The van der Waals surface area contributed by atoms with Crippen LogP contribution in [0.5, 0.6) is 0 Å². The highest BCUT2D eigenvalue weighted by molar-refractivity contribution is 9.10. The van der Waals surface area contributed by atoms with E-state index in [1.165, 1.54) is 5.56 Å². The van der Waals surface area contributed by atoms with E-state index in [9.17, 15) is 0 Å². The van der Waals surface area contributed by atoms with Gasteiger partial charge in [0.15, 0.2) is 0 Å². The minimum Gasteiger partial charge on any atom is -0.398 e. The molecule has 0 aliphatic rings. The number of halogens is 1. The molecule has 0 radical (unpaired) electrons. The highest BCUT2D eigenvalue weighted by atomic mass is 79.9. The van der Waals surface area contributed by atoms with Crippen LogP contribution in [-0.4, -0.2) is 44.0 Å². The highest BCUT2D eigenvalue weighted by Gasteiger charge is 2.03. The van der Waals surface area contributed by atoms with Gasteiger partial charge >= 0.3 is 0 Å². The molecule has 90 valence electrons. The number of anilines is 1. The minimum atomic E-state index is 0.791. The molecule has 3 nitrogen and oxygen atoms in total. The molecule has 0 aliphatic heterocycles. The van der Waals surface area contributed by atoms with Crippen LogP contribution in [0, 0.1) is 0 Å². The Kier molecular flexibility index (Phi) is 5.25. The molecule has 1 aromatic rings. The van der Waals surface area contributed by atoms with Gasteiger partial charge < -0.3 is 15.5 Å². The average Bonchev–Trinajstić information content (AvgIpc) is 2.21. The van der Waals surface area contributed by atoms with Crippen molar-refractivity contribution in [3.63, 3.8) is 0 Å². The molecule has 0 amide bonds. The predicted octanol–water partition coefficient (Wildman–Crippen LogP) is 2.02. The summed E-state index contributed by atoms with van der Waals surface area (Å²) in [7, 11) is 6.31. The number of likely N-dealkylation sites (N-methyl/N-ethyl adjacent to an activating group) is 2. The third-order valence-electron chi connectivity index (χ3n) is 2.45. The zero-order valence-electron chi connectivity index (χ0n) is 10.2. The second kappa shape index (κ2) is 6.23. The van der Waals surface area contributed by atoms with Gasteiger partial charge in [0, 0.05) is 29.8 Å². The van der Waals surface area contributed by atoms with Crippen molar-refractivity contribution in [1.29, 1.82) is 0 Å². The molecule has 0 aliphatic carbocycles. The summed E-state index contributed by atoms with van der Waals surface area (Å²) in [5, 5.41) is 0. The van der Waals surface area contributed by atoms with Crippen LogP contribution in [0.2, 0.25) is 0 Å². The van der Waals surface area contributed by atoms with Crippen molar-refractivity contribution in [3.05, 3.63) is 28.2 Å². The summed E-state index contributed by atoms with van der Waals surface area (Å²) in [6.45, 7) is 3.09. The molecular formula is C12H20BrN3. The van der Waals surface area contributed by atoms with Gasteiger partial charge in [-0.05, 0) is 54.8 Å². The van der Waals surface area contributed by atoms with E-state index >= 15 is 0 Å². The molecule has 0 saturated heterocycles. The SMILES string of the molecule is CN(C)CCN(C)Cc1ccc(N)c(Br)c1. The molecule has 16 heavy (non-hydrogen) atoms. The van der Waals surface area contributed by atoms with Crippen molar-refractivity contribution in [2.24, 2.45) is 0 Å². The summed E-state index contributed by atoms with van der Waals surface area (Å²) in [5.41, 5.74) is 7.82. The van der Waals surface area contributed by atoms with Gasteiger partial charge in [0.25, 0.3) is 0 Å². The quantitative estimate of drug-likeness (QED) is 0.841. The molecule has 0 aromatic heterocycles. The van der Waals surface area contributed by atoms with Crippen LogP contribution in [0.4, 0.5) is 5.69 Å². The molecule has 2 N–H and O–H groups in total. The molecule has 0 spiro atoms. The second-order valence-corrected chi connectivity index (χ2v) is 5.25. The van der Waals surface area contributed by atoms with Crippen LogP contribution in [0.1, 0.15) is 5.56 Å². The maximum Gasteiger partial charge on any atom is 0.0458 e. The number of hydrogen-bond acceptors (Lipinski definition) is 3. The zero-order valence-corrected chi connectivity index (χ0v) is 11.8. The third kappa shape index (κ3) is 4.51. The number of nitrogen functional groups attached to an aromatic ring is 1. The molecule has 0 atom stereocenters. The lowest BCUT2D eigenvalue weighted by Gasteiger charge is -2.19. The van der Waals surface area contributed by atoms with Gasteiger partial charge in [0.1, 0.15) is 0 Å². The number of nitrogens with two attached hydrogens (primary N) is 1. The van der Waals surface area contributed by atoms with Gasteiger partial charge in [-0.25, -0.2) is 0 Å². The van der Waals surface area contributed by atoms with Gasteiger partial charge in [0.05, 0.1) is 0 Å². The van der Waals surface area contributed by atoms with Crippen LogP contribution in [0.15, 0.2) is 22.7 Å². The van der Waals surface area contributed by atoms with Crippen LogP contribution >= 0.6 is 15.9 Å². The Bertz CT molecular complexity index is 339. The smallest absolute Gasteiger partial charge is 0.0458 e. The zero-order chi connectivity index (χ0) is 12.1. The first-order chi connectivity index (χ1) is 7.49. The summed E-state index contributed by atoms with van der Waals surface area (Å²) in [6.07, 6.45) is 0. The van der Waals surface area contributed by atoms with E-state index in [0.29, 0.717) is 0 Å². The maximum absolute atomic E-state index is 5.75. The average molecular weight is 286 g/mol. The Labute approximate surface area is 106 Å². The number of hydrogen-bond donors (Lipinski definition) is 1. The predicted molar refractivity (Wildman–Crippen MR) is 73.4 cm³/mol. The second-order valence-electron chi connectivity index (χ2n) is 4.40. The van der Waals surface area contributed by atoms with Gasteiger partial charge in [-0.1, -0.05) is 6.07 Å². The molecule has 1 aromatic carbocycles. The van der Waals surface area contributed by atoms with Crippen LogP contribution in [0.3, 0.4) is 0 Å². The molecule has 0 bridgehead atoms. The van der Waals surface area contributed by atoms with Crippen molar-refractivity contribution in [2.45, 2.75) is 6.54 Å². The molecular weight excluding hydrogens is 266 g/mol. The molecule has 4 heteroatoms. The highest BCUT2D eigenvalue weighted by Crippen LogP contribution is 2.20. The van der Waals surface area contributed by atoms with Crippen LogP contribution in [-0.2, 0) is 6.54 Å². The first kappa shape index (κ1) is 13.5. The van der Waals surface area contributed by atoms with E-state index in [2.05, 4.69) is 59.0 Å². The largest absolute Gasteiger partial charge is 0.398 e. The fraction of sp³-hybridized carbons (Fsp3) is 0.500. The lowest BCUT2D eigenvalue weighted by molar-refractivity contribution is 0.276. The Morgan fingerprint density at radius 3 is 2.44 bits per heavy atom. The minimum absolute atomic E-state index is 0.791. The van der Waals surface area contributed by atoms with E-state index in [1.807, 2.05) is 6.07 Å². The molecule has 0 saturated carbocycles. The molecule has 0 unspecified atom stereocenters. The normalized spacial score (nSPS) is 11.4. The van der Waals surface area contributed by atoms with Crippen molar-refractivity contribution < 1.29 is 0 Å². The van der Waals surface area contributed by atoms with Crippen molar-refractivity contribution in [2.75, 3.05) is 40.0 Å². The fourth-order valence-corrected chi connectivity index (χ4v) is 1.86. The van der Waals surface area contributed by atoms with Gasteiger partial charge in [-0.2, -0.15) is 0 Å². The maximum atomic E-state index is 5.75. The van der Waals surface area contributed by atoms with Crippen LogP contribution < -0.4 is 5.73 Å². The van der Waals surface area contributed by atoms with E-state index in [-0.39, 0.29) is 0 Å². The van der Waals surface area contributed by atoms with Gasteiger partial charge in [0.2, 0.25) is 0 Å². The standard InChI is InChI=1S/C12H20BrN3/c1-15(2)6-7-16(3)9-10-4-5-12(14)11(13)8-10/h4-5,8H,6-7,9,14H2,1-3H3. The first-order valence-corrected chi connectivity index (χ1v) is 6.15. The fourth-order valence-electron chi connectivity index (χ4n) is 1.43. The van der Waals surface area contributed by atoms with Crippen molar-refractivity contribution >= 4 is 21.6 Å². The van der Waals surface area contributed by atoms with E-state index in [4.69, 9.17) is 5.73 Å². The monoisotopic (exact) mass is 285 g/mol. The first-order valence-electron chi connectivity index (χ1n) is 5.36. The number of rotatable bonds is 5. The topological polar surface area (TPSA) is 32.5 Å². The summed E-state index contributed by atoms with van der Waals surface area (Å²) >= 11 is 3.45. The van der Waals surface area contributed by atoms with Crippen molar-refractivity contribution in [1.82, 2.24) is 9.80 Å². The van der Waals surface area contributed by atoms with Crippen molar-refractivity contribution in [3.8, 4) is 0 Å². The molecule has 1 rings (SSSR count). The lowest BCUT2D eigenvalue weighted by Crippen LogP contribution is -2.28.